The lowest BCUT2D eigenvalue weighted by Crippen LogP contribution is -2.29. The van der Waals surface area contributed by atoms with Crippen molar-refractivity contribution in [3.63, 3.8) is 0 Å². The molecule has 2 aliphatic rings. The highest BCUT2D eigenvalue weighted by molar-refractivity contribution is 5.92. The summed E-state index contributed by atoms with van der Waals surface area (Å²) in [6.07, 6.45) is 4.84. The summed E-state index contributed by atoms with van der Waals surface area (Å²) in [4.78, 5) is 22.8. The van der Waals surface area contributed by atoms with E-state index in [-0.39, 0.29) is 5.91 Å². The average Bonchev–Trinajstić information content (AvgIpc) is 3.37. The van der Waals surface area contributed by atoms with Crippen LogP contribution in [0.15, 0.2) is 15.3 Å². The monoisotopic (exact) mass is 346 g/mol. The number of rotatable bonds is 4. The Morgan fingerprint density at radius 3 is 2.92 bits per heavy atom. The van der Waals surface area contributed by atoms with Crippen LogP contribution in [0.1, 0.15) is 53.1 Å². The molecule has 0 aliphatic carbocycles. The van der Waals surface area contributed by atoms with Crippen LogP contribution in [0, 0.1) is 12.8 Å². The van der Waals surface area contributed by atoms with Crippen LogP contribution in [0.5, 0.6) is 0 Å². The number of amides is 1. The molecule has 2 aromatic rings. The largest absolute Gasteiger partial charge is 0.438 e. The zero-order valence-electron chi connectivity index (χ0n) is 14.3. The van der Waals surface area contributed by atoms with Gasteiger partial charge in [-0.25, -0.2) is 4.98 Å². The first kappa shape index (κ1) is 16.3. The number of hydrogen-bond acceptors (Lipinski definition) is 7. The van der Waals surface area contributed by atoms with E-state index >= 15 is 0 Å². The summed E-state index contributed by atoms with van der Waals surface area (Å²) in [5.41, 5.74) is 0.632. The van der Waals surface area contributed by atoms with Gasteiger partial charge in [0.1, 0.15) is 0 Å². The SMILES string of the molecule is Cc1ncoc1C(=O)N1CCC(Cc2noc(C3CCOCC3)n2)C1. The molecule has 0 bridgehead atoms. The Morgan fingerprint density at radius 2 is 2.16 bits per heavy atom. The molecule has 0 aromatic carbocycles. The van der Waals surface area contributed by atoms with Crippen molar-refractivity contribution in [2.75, 3.05) is 26.3 Å². The zero-order valence-corrected chi connectivity index (χ0v) is 14.3. The molecule has 4 heterocycles. The summed E-state index contributed by atoms with van der Waals surface area (Å²) in [5.74, 6) is 2.35. The Labute approximate surface area is 145 Å². The summed E-state index contributed by atoms with van der Waals surface area (Å²) in [5, 5.41) is 4.13. The molecule has 25 heavy (non-hydrogen) atoms. The van der Waals surface area contributed by atoms with Crippen LogP contribution >= 0.6 is 0 Å². The van der Waals surface area contributed by atoms with Gasteiger partial charge in [-0.15, -0.1) is 0 Å². The lowest BCUT2D eigenvalue weighted by molar-refractivity contribution is 0.0754. The van der Waals surface area contributed by atoms with Crippen molar-refractivity contribution < 1.29 is 18.5 Å². The van der Waals surface area contributed by atoms with E-state index in [0.29, 0.717) is 36.4 Å². The van der Waals surface area contributed by atoms with Gasteiger partial charge in [0.2, 0.25) is 11.7 Å². The van der Waals surface area contributed by atoms with Gasteiger partial charge in [0.05, 0.1) is 5.69 Å². The van der Waals surface area contributed by atoms with E-state index in [1.807, 2.05) is 4.90 Å². The number of hydrogen-bond donors (Lipinski definition) is 0. The van der Waals surface area contributed by atoms with E-state index in [4.69, 9.17) is 13.7 Å². The molecule has 2 aromatic heterocycles. The average molecular weight is 346 g/mol. The molecule has 2 aliphatic heterocycles. The number of likely N-dealkylation sites (tertiary alicyclic amines) is 1. The normalized spacial score (nSPS) is 21.8. The summed E-state index contributed by atoms with van der Waals surface area (Å²) in [7, 11) is 0. The minimum absolute atomic E-state index is 0.0893. The molecule has 134 valence electrons. The van der Waals surface area contributed by atoms with Crippen LogP contribution in [0.4, 0.5) is 0 Å². The summed E-state index contributed by atoms with van der Waals surface area (Å²) >= 11 is 0. The van der Waals surface area contributed by atoms with Crippen LogP contribution in [0.3, 0.4) is 0 Å². The zero-order chi connectivity index (χ0) is 17.2. The highest BCUT2D eigenvalue weighted by atomic mass is 16.5. The molecule has 0 N–H and O–H groups in total. The van der Waals surface area contributed by atoms with Gasteiger partial charge in [-0.2, -0.15) is 4.98 Å². The quantitative estimate of drug-likeness (QED) is 0.835. The molecule has 0 saturated carbocycles. The van der Waals surface area contributed by atoms with E-state index in [1.165, 1.54) is 6.39 Å². The predicted octanol–water partition coefficient (Wildman–Crippen LogP) is 1.96. The molecule has 8 heteroatoms. The highest BCUT2D eigenvalue weighted by Gasteiger charge is 2.31. The van der Waals surface area contributed by atoms with Crippen LogP contribution in [-0.4, -0.2) is 52.2 Å². The van der Waals surface area contributed by atoms with Crippen molar-refractivity contribution in [2.24, 2.45) is 5.92 Å². The Balaban J connectivity index is 1.34. The molecule has 2 saturated heterocycles. The number of aromatic nitrogens is 3. The van der Waals surface area contributed by atoms with Crippen molar-refractivity contribution in [1.82, 2.24) is 20.0 Å². The molecular weight excluding hydrogens is 324 g/mol. The van der Waals surface area contributed by atoms with Crippen molar-refractivity contribution in [1.29, 1.82) is 0 Å². The molecule has 1 amide bonds. The third-order valence-electron chi connectivity index (χ3n) is 5.04. The Hall–Kier alpha value is -2.22. The van der Waals surface area contributed by atoms with Gasteiger partial charge in [-0.05, 0) is 32.1 Å². The van der Waals surface area contributed by atoms with Gasteiger partial charge >= 0.3 is 0 Å². The van der Waals surface area contributed by atoms with Crippen LogP contribution in [-0.2, 0) is 11.2 Å². The molecule has 1 unspecified atom stereocenters. The third-order valence-corrected chi connectivity index (χ3v) is 5.04. The van der Waals surface area contributed by atoms with Crippen molar-refractivity contribution >= 4 is 5.91 Å². The maximum absolute atomic E-state index is 12.5. The van der Waals surface area contributed by atoms with Gasteiger partial charge in [0.15, 0.2) is 12.2 Å². The van der Waals surface area contributed by atoms with Gasteiger partial charge in [0, 0.05) is 38.6 Å². The Kier molecular flexibility index (Phi) is 4.52. The standard InChI is InChI=1S/C17H22N4O4/c1-11-15(24-10-18-11)17(22)21-5-2-12(9-21)8-14-19-16(25-20-14)13-3-6-23-7-4-13/h10,12-13H,2-9H2,1H3. The number of nitrogens with zero attached hydrogens (tertiary/aromatic N) is 4. The van der Waals surface area contributed by atoms with Gasteiger partial charge in [-0.3, -0.25) is 4.79 Å². The van der Waals surface area contributed by atoms with E-state index in [0.717, 1.165) is 50.6 Å². The fraction of sp³-hybridized carbons (Fsp3) is 0.647. The fourth-order valence-corrected chi connectivity index (χ4v) is 3.55. The highest BCUT2D eigenvalue weighted by Crippen LogP contribution is 2.27. The molecule has 2 fully saturated rings. The predicted molar refractivity (Wildman–Crippen MR) is 86.0 cm³/mol. The van der Waals surface area contributed by atoms with Gasteiger partial charge in [-0.1, -0.05) is 5.16 Å². The second-order valence-electron chi connectivity index (χ2n) is 6.81. The van der Waals surface area contributed by atoms with Crippen LogP contribution < -0.4 is 0 Å². The number of carbonyl (C=O) groups excluding carboxylic acids is 1. The summed E-state index contributed by atoms with van der Waals surface area (Å²) in [6, 6.07) is 0. The van der Waals surface area contributed by atoms with Gasteiger partial charge in [0.25, 0.3) is 5.91 Å². The van der Waals surface area contributed by atoms with Crippen LogP contribution in [0.25, 0.3) is 0 Å². The third kappa shape index (κ3) is 3.44. The van der Waals surface area contributed by atoms with Crippen LogP contribution in [0.2, 0.25) is 0 Å². The second-order valence-corrected chi connectivity index (χ2v) is 6.81. The first-order valence-electron chi connectivity index (χ1n) is 8.80. The van der Waals surface area contributed by atoms with E-state index in [2.05, 4.69) is 15.1 Å². The molecular formula is C17H22N4O4. The second kappa shape index (κ2) is 6.95. The Bertz CT molecular complexity index is 735. The molecule has 8 nitrogen and oxygen atoms in total. The van der Waals surface area contributed by atoms with Crippen molar-refractivity contribution in [3.8, 4) is 0 Å². The number of ether oxygens (including phenoxy) is 1. The van der Waals surface area contributed by atoms with Crippen molar-refractivity contribution in [3.05, 3.63) is 29.6 Å². The first-order chi connectivity index (χ1) is 12.2. The Morgan fingerprint density at radius 1 is 1.32 bits per heavy atom. The lowest BCUT2D eigenvalue weighted by atomic mass is 10.0. The summed E-state index contributed by atoms with van der Waals surface area (Å²) < 4.78 is 16.0. The number of carbonyl (C=O) groups is 1. The fourth-order valence-electron chi connectivity index (χ4n) is 3.55. The first-order valence-corrected chi connectivity index (χ1v) is 8.80. The number of oxazole rings is 1. The smallest absolute Gasteiger partial charge is 0.291 e. The van der Waals surface area contributed by atoms with E-state index in [1.54, 1.807) is 6.92 Å². The molecule has 0 radical (unpaired) electrons. The molecule has 0 spiro atoms. The maximum Gasteiger partial charge on any atom is 0.291 e. The summed E-state index contributed by atoms with van der Waals surface area (Å²) in [6.45, 7) is 4.68. The minimum Gasteiger partial charge on any atom is -0.438 e. The molecule has 4 rings (SSSR count). The van der Waals surface area contributed by atoms with E-state index < -0.39 is 0 Å². The minimum atomic E-state index is -0.0893. The van der Waals surface area contributed by atoms with Gasteiger partial charge < -0.3 is 18.6 Å². The van der Waals surface area contributed by atoms with Crippen molar-refractivity contribution in [2.45, 2.75) is 38.5 Å². The molecule has 1 atom stereocenters. The van der Waals surface area contributed by atoms with E-state index in [9.17, 15) is 4.79 Å². The lowest BCUT2D eigenvalue weighted by Gasteiger charge is -2.18. The topological polar surface area (TPSA) is 94.5 Å². The number of aryl methyl sites for hydroxylation is 1. The maximum atomic E-state index is 12.5.